The molecule has 62 heavy (non-hydrogen) atoms. The minimum absolute atomic E-state index is 0.0124. The van der Waals surface area contributed by atoms with E-state index in [0.29, 0.717) is 11.1 Å². The van der Waals surface area contributed by atoms with Crippen molar-refractivity contribution in [1.29, 1.82) is 0 Å². The van der Waals surface area contributed by atoms with Crippen LogP contribution in [0.4, 0.5) is 37.7 Å². The third kappa shape index (κ3) is 7.69. The second kappa shape index (κ2) is 16.2. The molecule has 0 heterocycles. The van der Waals surface area contributed by atoms with Gasteiger partial charge in [0, 0.05) is 45.5 Å². The fraction of sp³-hybridized carbons (Fsp3) is 0.261. The number of nitrogens with zero attached hydrogens (tertiary/aromatic N) is 2. The molecule has 0 aliphatic heterocycles. The van der Waals surface area contributed by atoms with Crippen LogP contribution in [0, 0.1) is 13.8 Å². The van der Waals surface area contributed by atoms with Gasteiger partial charge in [0.15, 0.2) is 23.0 Å². The summed E-state index contributed by atoms with van der Waals surface area (Å²) in [7, 11) is 2.45. The van der Waals surface area contributed by atoms with Crippen molar-refractivity contribution in [3.8, 4) is 57.1 Å². The molecule has 326 valence electrons. The number of phenolic OH excluding ortho intramolecular Hbond substituents is 6. The molecule has 6 aromatic carbocycles. The molecule has 0 radical (unpaired) electrons. The molecule has 0 aliphatic carbocycles. The van der Waals surface area contributed by atoms with E-state index in [1.807, 2.05) is 0 Å². The zero-order valence-corrected chi connectivity index (χ0v) is 34.6. The first-order valence-corrected chi connectivity index (χ1v) is 19.0. The number of hydrogen-bond acceptors (Lipinski definition) is 10. The molecule has 0 spiro atoms. The number of fused-ring (bicyclic) bond motifs is 2. The Morgan fingerprint density at radius 3 is 1.15 bits per heavy atom. The zero-order chi connectivity index (χ0) is 45.9. The van der Waals surface area contributed by atoms with E-state index in [9.17, 15) is 57.0 Å². The molecular formula is C46H42F6N2O8. The summed E-state index contributed by atoms with van der Waals surface area (Å²) in [4.78, 5) is 8.41. The highest BCUT2D eigenvalue weighted by Gasteiger charge is 2.33. The lowest BCUT2D eigenvalue weighted by molar-refractivity contribution is -0.138. The zero-order valence-electron chi connectivity index (χ0n) is 34.6. The number of aryl methyl sites for hydroxylation is 2. The van der Waals surface area contributed by atoms with Gasteiger partial charge in [-0.15, -0.1) is 0 Å². The number of alkyl halides is 6. The molecule has 0 fully saturated rings. The van der Waals surface area contributed by atoms with Gasteiger partial charge < -0.3 is 40.1 Å². The first-order valence-electron chi connectivity index (χ1n) is 19.0. The lowest BCUT2D eigenvalue weighted by atomic mass is 9.83. The third-order valence-corrected chi connectivity index (χ3v) is 10.7. The fourth-order valence-electron chi connectivity index (χ4n) is 7.83. The molecule has 0 saturated heterocycles. The van der Waals surface area contributed by atoms with Crippen LogP contribution >= 0.6 is 0 Å². The second-order valence-electron chi connectivity index (χ2n) is 15.3. The van der Waals surface area contributed by atoms with Gasteiger partial charge in [-0.05, 0) is 84.0 Å². The van der Waals surface area contributed by atoms with Crippen LogP contribution in [0.25, 0.3) is 32.7 Å². The number of halogens is 6. The topological polar surface area (TPSA) is 165 Å². The predicted octanol–water partition coefficient (Wildman–Crippen LogP) is 12.3. The Bertz CT molecular complexity index is 2650. The van der Waals surface area contributed by atoms with Crippen LogP contribution in [0.2, 0.25) is 0 Å². The molecule has 10 nitrogen and oxygen atoms in total. The van der Waals surface area contributed by atoms with Crippen molar-refractivity contribution >= 4 is 45.3 Å². The van der Waals surface area contributed by atoms with Crippen molar-refractivity contribution in [2.75, 3.05) is 14.2 Å². The highest BCUT2D eigenvalue weighted by Crippen LogP contribution is 2.55. The lowest BCUT2D eigenvalue weighted by Crippen LogP contribution is -2.04. The first-order chi connectivity index (χ1) is 28.9. The maximum atomic E-state index is 13.7. The molecule has 6 N–H and O–H groups in total. The molecule has 0 atom stereocenters. The summed E-state index contributed by atoms with van der Waals surface area (Å²) in [5.74, 6) is -4.79. The van der Waals surface area contributed by atoms with Gasteiger partial charge >= 0.3 is 12.4 Å². The van der Waals surface area contributed by atoms with Gasteiger partial charge in [0.25, 0.3) is 0 Å². The van der Waals surface area contributed by atoms with Crippen LogP contribution in [0.1, 0.15) is 84.0 Å². The summed E-state index contributed by atoms with van der Waals surface area (Å²) in [6.45, 7) is 10.1. The van der Waals surface area contributed by atoms with Crippen LogP contribution in [0.15, 0.2) is 58.5 Å². The molecule has 0 amide bonds. The highest BCUT2D eigenvalue weighted by molar-refractivity contribution is 6.15. The van der Waals surface area contributed by atoms with Crippen molar-refractivity contribution in [2.24, 2.45) is 9.98 Å². The molecule has 6 rings (SSSR count). The van der Waals surface area contributed by atoms with Gasteiger partial charge in [-0.3, -0.25) is 9.98 Å². The number of aliphatic imine (C=N–C) groups is 2. The van der Waals surface area contributed by atoms with Gasteiger partial charge in [-0.25, -0.2) is 0 Å². The van der Waals surface area contributed by atoms with Crippen molar-refractivity contribution in [3.63, 3.8) is 0 Å². The van der Waals surface area contributed by atoms with Gasteiger partial charge in [0.2, 0.25) is 0 Å². The van der Waals surface area contributed by atoms with Crippen molar-refractivity contribution in [2.45, 2.75) is 65.7 Å². The fourth-order valence-corrected chi connectivity index (χ4v) is 7.83. The molecule has 0 aliphatic rings. The minimum atomic E-state index is -4.74. The largest absolute Gasteiger partial charge is 0.507 e. The monoisotopic (exact) mass is 864 g/mol. The van der Waals surface area contributed by atoms with E-state index >= 15 is 0 Å². The number of phenols is 6. The standard InChI is InChI=1S/C46H42F6N2O8/c1-19(2)33-25-13-21(5)35(41(57)37(25)27(39(55)43(33)59)17-53-29-15-23(45(47,48)49)9-11-31(29)61-7)36-22(6)14-26-34(20(3)4)44(60)40(56)28(38(26)42(36)58)18-54-30-16-24(46(50,51)52)10-12-32(30)62-8/h9-20,55-60H,1-8H3. The molecule has 6 aromatic rings. The van der Waals surface area contributed by atoms with E-state index in [1.54, 1.807) is 53.7 Å². The number of hydrogen-bond donors (Lipinski definition) is 6. The maximum Gasteiger partial charge on any atom is 0.416 e. The SMILES string of the molecule is COc1ccc(C(F)(F)F)cc1N=Cc1c(O)c(O)c(C(C)C)c2cc(C)c(-c3c(C)cc4c(C(C)C)c(O)c(O)c(C=Nc5cc(C(F)(F)F)ccc5OC)c4c3O)c(O)c12. The first kappa shape index (κ1) is 44.7. The van der Waals surface area contributed by atoms with Crippen molar-refractivity contribution in [3.05, 3.63) is 93.0 Å². The molecule has 0 bridgehead atoms. The summed E-state index contributed by atoms with van der Waals surface area (Å²) >= 11 is 0. The minimum Gasteiger partial charge on any atom is -0.507 e. The molecule has 0 aromatic heterocycles. The van der Waals surface area contributed by atoms with E-state index in [1.165, 1.54) is 14.2 Å². The van der Waals surface area contributed by atoms with E-state index in [-0.39, 0.29) is 77.8 Å². The van der Waals surface area contributed by atoms with E-state index < -0.39 is 69.8 Å². The summed E-state index contributed by atoms with van der Waals surface area (Å²) in [5, 5.41) is 70.7. The van der Waals surface area contributed by atoms with Crippen molar-refractivity contribution < 1.29 is 66.5 Å². The predicted molar refractivity (Wildman–Crippen MR) is 225 cm³/mol. The number of methoxy groups -OCH3 is 2. The third-order valence-electron chi connectivity index (χ3n) is 10.7. The summed E-state index contributed by atoms with van der Waals surface area (Å²) < 4.78 is 92.7. The van der Waals surface area contributed by atoms with Gasteiger partial charge in [0.05, 0.1) is 36.5 Å². The summed E-state index contributed by atoms with van der Waals surface area (Å²) in [6.07, 6.45) is -7.54. The van der Waals surface area contributed by atoms with E-state index in [0.717, 1.165) is 48.8 Å². The Morgan fingerprint density at radius 2 is 0.855 bits per heavy atom. The molecule has 16 heteroatoms. The number of benzene rings is 6. The Kier molecular flexibility index (Phi) is 11.7. The van der Waals surface area contributed by atoms with E-state index in [2.05, 4.69) is 9.98 Å². The van der Waals surface area contributed by atoms with E-state index in [4.69, 9.17) is 9.47 Å². The molecular weight excluding hydrogens is 823 g/mol. The van der Waals surface area contributed by atoms with Crippen LogP contribution in [0.3, 0.4) is 0 Å². The van der Waals surface area contributed by atoms with Gasteiger partial charge in [-0.2, -0.15) is 26.3 Å². The molecule has 0 unspecified atom stereocenters. The Hall–Kier alpha value is -6.84. The lowest BCUT2D eigenvalue weighted by Gasteiger charge is -2.23. The Morgan fingerprint density at radius 1 is 0.516 bits per heavy atom. The average Bonchev–Trinajstić information content (AvgIpc) is 3.18. The average molecular weight is 865 g/mol. The van der Waals surface area contributed by atoms with Crippen LogP contribution in [-0.2, 0) is 12.4 Å². The maximum absolute atomic E-state index is 13.7. The Balaban J connectivity index is 1.71. The number of ether oxygens (including phenoxy) is 2. The number of aromatic hydroxyl groups is 6. The van der Waals surface area contributed by atoms with Crippen molar-refractivity contribution in [1.82, 2.24) is 0 Å². The quantitative estimate of drug-likeness (QED) is 0.0475. The Labute approximate surface area is 351 Å². The van der Waals surface area contributed by atoms with Gasteiger partial charge in [0.1, 0.15) is 34.4 Å². The smallest absolute Gasteiger partial charge is 0.416 e. The highest BCUT2D eigenvalue weighted by atomic mass is 19.4. The number of rotatable bonds is 9. The van der Waals surface area contributed by atoms with Gasteiger partial charge in [-0.1, -0.05) is 39.8 Å². The second-order valence-corrected chi connectivity index (χ2v) is 15.3. The van der Waals surface area contributed by atoms with Crippen LogP contribution < -0.4 is 9.47 Å². The molecule has 0 saturated carbocycles. The summed E-state index contributed by atoms with van der Waals surface area (Å²) in [6, 6.07) is 8.36. The van der Waals surface area contributed by atoms with Crippen LogP contribution in [0.5, 0.6) is 46.0 Å². The van der Waals surface area contributed by atoms with Crippen LogP contribution in [-0.4, -0.2) is 57.3 Å². The summed E-state index contributed by atoms with van der Waals surface area (Å²) in [5.41, 5.74) is -2.22. The normalized spacial score (nSPS) is 12.6.